The largest absolute Gasteiger partial charge is 0.511 e. The molecule has 37 heavy (non-hydrogen) atoms. The van der Waals surface area contributed by atoms with Crippen molar-refractivity contribution in [3.8, 4) is 0 Å². The molecule has 0 aliphatic carbocycles. The number of hydrogen-bond donors (Lipinski definition) is 0. The first-order chi connectivity index (χ1) is 17.7. The summed E-state index contributed by atoms with van der Waals surface area (Å²) in [6.07, 6.45) is 2.30. The van der Waals surface area contributed by atoms with E-state index >= 15 is 0 Å². The molecule has 1 heterocycles. The first-order valence-corrected chi connectivity index (χ1v) is 13.9. The van der Waals surface area contributed by atoms with Crippen molar-refractivity contribution in [2.24, 2.45) is 0 Å². The molecule has 0 radical (unpaired) electrons. The van der Waals surface area contributed by atoms with Crippen molar-refractivity contribution in [2.45, 2.75) is 89.7 Å². The van der Waals surface area contributed by atoms with E-state index in [0.29, 0.717) is 23.2 Å². The molecule has 1 saturated heterocycles. The van der Waals surface area contributed by atoms with Crippen LogP contribution in [-0.2, 0) is 24.6 Å². The fourth-order valence-electron chi connectivity index (χ4n) is 6.16. The number of hydrogen-bond acceptors (Lipinski definition) is 5. The van der Waals surface area contributed by atoms with Crippen LogP contribution in [0.5, 0.6) is 0 Å². The highest BCUT2D eigenvalue weighted by Crippen LogP contribution is 2.39. The van der Waals surface area contributed by atoms with Crippen LogP contribution in [0.3, 0.4) is 0 Å². The van der Waals surface area contributed by atoms with Crippen LogP contribution in [0.2, 0.25) is 0 Å². The Bertz CT molecular complexity index is 976. The van der Waals surface area contributed by atoms with Gasteiger partial charge in [-0.3, -0.25) is 0 Å². The fourth-order valence-corrected chi connectivity index (χ4v) is 6.23. The normalized spacial score (nSPS) is 24.6. The first-order valence-electron chi connectivity index (χ1n) is 13.5. The van der Waals surface area contributed by atoms with Crippen LogP contribution in [0.25, 0.3) is 0 Å². The standard InChI is InChI=1S/C30H41ClNO5/c1-6-19-32(8-3)22(4)20-27(21-26(32)7-2)36-28(33)30(24-15-11-9-12-16-24,25-17-13-10-14-18-25)37-29(34)35-23(5)31/h9-18,22-23,26-27H,6-8,19-21H2,1-5H3/q+1. The van der Waals surface area contributed by atoms with E-state index in [0.717, 1.165) is 43.3 Å². The minimum atomic E-state index is -1.84. The summed E-state index contributed by atoms with van der Waals surface area (Å²) in [6, 6.07) is 18.6. The van der Waals surface area contributed by atoms with Gasteiger partial charge in [-0.1, -0.05) is 86.1 Å². The van der Waals surface area contributed by atoms with Crippen molar-refractivity contribution in [1.29, 1.82) is 0 Å². The summed E-state index contributed by atoms with van der Waals surface area (Å²) in [5.41, 5.74) is -1.80. The molecule has 1 fully saturated rings. The molecule has 0 saturated carbocycles. The fraction of sp³-hybridized carbons (Fsp3) is 0.533. The van der Waals surface area contributed by atoms with Crippen molar-refractivity contribution in [3.63, 3.8) is 0 Å². The summed E-state index contributed by atoms with van der Waals surface area (Å²) in [5, 5.41) is 0. The van der Waals surface area contributed by atoms with Crippen LogP contribution in [0.15, 0.2) is 60.7 Å². The molecular formula is C30H41ClNO5+. The van der Waals surface area contributed by atoms with Crippen molar-refractivity contribution in [1.82, 2.24) is 0 Å². The number of piperidine rings is 1. The van der Waals surface area contributed by atoms with Crippen LogP contribution in [0.1, 0.15) is 71.4 Å². The minimum absolute atomic E-state index is 0.291. The number of rotatable bonds is 10. The molecule has 202 valence electrons. The highest BCUT2D eigenvalue weighted by molar-refractivity contribution is 6.19. The lowest BCUT2D eigenvalue weighted by Gasteiger charge is -2.53. The Morgan fingerprint density at radius 1 is 1.00 bits per heavy atom. The third-order valence-corrected chi connectivity index (χ3v) is 7.95. The number of ether oxygens (including phenoxy) is 3. The van der Waals surface area contributed by atoms with Gasteiger partial charge in [0, 0.05) is 24.0 Å². The maximum Gasteiger partial charge on any atom is 0.511 e. The van der Waals surface area contributed by atoms with Gasteiger partial charge in [-0.2, -0.15) is 0 Å². The monoisotopic (exact) mass is 530 g/mol. The Balaban J connectivity index is 2.02. The van der Waals surface area contributed by atoms with Crippen LogP contribution in [0.4, 0.5) is 4.79 Å². The van der Waals surface area contributed by atoms with E-state index in [9.17, 15) is 9.59 Å². The number of carbonyl (C=O) groups excluding carboxylic acids is 2. The van der Waals surface area contributed by atoms with Gasteiger partial charge in [0.15, 0.2) is 5.56 Å². The Labute approximate surface area is 226 Å². The number of quaternary nitrogens is 1. The van der Waals surface area contributed by atoms with Gasteiger partial charge in [0.05, 0.1) is 25.2 Å². The van der Waals surface area contributed by atoms with Crippen molar-refractivity contribution in [3.05, 3.63) is 71.8 Å². The first kappa shape index (κ1) is 29.0. The maximum atomic E-state index is 14.2. The van der Waals surface area contributed by atoms with Gasteiger partial charge >= 0.3 is 12.1 Å². The van der Waals surface area contributed by atoms with Gasteiger partial charge < -0.3 is 18.7 Å². The Hall–Kier alpha value is -2.57. The number of benzene rings is 2. The van der Waals surface area contributed by atoms with E-state index in [1.165, 1.54) is 6.92 Å². The summed E-state index contributed by atoms with van der Waals surface area (Å²) >= 11 is 5.90. The maximum absolute atomic E-state index is 14.2. The van der Waals surface area contributed by atoms with Gasteiger partial charge in [0.25, 0.3) is 5.60 Å². The lowest BCUT2D eigenvalue weighted by atomic mass is 9.85. The van der Waals surface area contributed by atoms with Crippen molar-refractivity contribution >= 4 is 23.7 Å². The molecule has 5 atom stereocenters. The Morgan fingerprint density at radius 2 is 1.57 bits per heavy atom. The Kier molecular flexibility index (Phi) is 10.0. The predicted octanol–water partition coefficient (Wildman–Crippen LogP) is 6.79. The molecule has 0 spiro atoms. The molecule has 2 aromatic carbocycles. The zero-order chi connectivity index (χ0) is 27.1. The number of alkyl halides is 1. The van der Waals surface area contributed by atoms with E-state index in [1.807, 2.05) is 12.1 Å². The topological polar surface area (TPSA) is 61.8 Å². The molecule has 3 rings (SSSR count). The number of likely N-dealkylation sites (tertiary alicyclic amines) is 1. The van der Waals surface area contributed by atoms with Gasteiger partial charge in [-0.15, -0.1) is 0 Å². The van der Waals surface area contributed by atoms with E-state index in [2.05, 4.69) is 27.7 Å². The van der Waals surface area contributed by atoms with Crippen molar-refractivity contribution < 1.29 is 28.3 Å². The average Bonchev–Trinajstić information content (AvgIpc) is 2.89. The second-order valence-electron chi connectivity index (χ2n) is 9.98. The van der Waals surface area contributed by atoms with E-state index < -0.39 is 23.3 Å². The molecule has 5 unspecified atom stereocenters. The molecule has 0 amide bonds. The number of esters is 1. The molecule has 7 heteroatoms. The van der Waals surface area contributed by atoms with Crippen LogP contribution < -0.4 is 0 Å². The smallest absolute Gasteiger partial charge is 0.458 e. The van der Waals surface area contributed by atoms with Crippen molar-refractivity contribution in [2.75, 3.05) is 13.1 Å². The molecule has 6 nitrogen and oxygen atoms in total. The summed E-state index contributed by atoms with van der Waals surface area (Å²) in [7, 11) is 0. The van der Waals surface area contributed by atoms with Gasteiger partial charge in [0.2, 0.25) is 0 Å². The summed E-state index contributed by atoms with van der Waals surface area (Å²) in [4.78, 5) is 27.0. The molecule has 1 aliphatic rings. The third kappa shape index (κ3) is 6.12. The molecule has 0 aromatic heterocycles. The van der Waals surface area contributed by atoms with Gasteiger partial charge in [-0.05, 0) is 33.6 Å². The highest BCUT2D eigenvalue weighted by Gasteiger charge is 2.52. The zero-order valence-electron chi connectivity index (χ0n) is 22.7. The second-order valence-corrected chi connectivity index (χ2v) is 10.6. The SMILES string of the molecule is CCC[N+]1(CC)C(C)CC(OC(=O)C(OC(=O)OC(C)Cl)(c2ccccc2)c2ccccc2)CC1CC. The van der Waals surface area contributed by atoms with Crippen LogP contribution in [0, 0.1) is 0 Å². The van der Waals surface area contributed by atoms with E-state index in [-0.39, 0.29) is 6.10 Å². The summed E-state index contributed by atoms with van der Waals surface area (Å²) in [5.74, 6) is -0.636. The summed E-state index contributed by atoms with van der Waals surface area (Å²) in [6.45, 7) is 12.6. The quantitative estimate of drug-likeness (QED) is 0.192. The number of halogens is 1. The molecule has 0 N–H and O–H groups in total. The van der Waals surface area contributed by atoms with Gasteiger partial charge in [0.1, 0.15) is 6.10 Å². The molecular weight excluding hydrogens is 490 g/mol. The second kappa shape index (κ2) is 12.8. The number of carbonyl (C=O) groups is 2. The average molecular weight is 531 g/mol. The molecule has 0 bridgehead atoms. The number of nitrogens with zero attached hydrogens (tertiary/aromatic N) is 1. The van der Waals surface area contributed by atoms with E-state index in [4.69, 9.17) is 25.8 Å². The third-order valence-electron chi connectivity index (χ3n) is 7.86. The highest BCUT2D eigenvalue weighted by atomic mass is 35.5. The molecule has 1 aliphatic heterocycles. The molecule has 2 aromatic rings. The van der Waals surface area contributed by atoms with Crippen LogP contribution in [-0.4, -0.2) is 53.4 Å². The minimum Gasteiger partial charge on any atom is -0.458 e. The lowest BCUT2D eigenvalue weighted by molar-refractivity contribution is -0.976. The van der Waals surface area contributed by atoms with E-state index in [1.54, 1.807) is 48.5 Å². The summed E-state index contributed by atoms with van der Waals surface area (Å²) < 4.78 is 18.3. The predicted molar refractivity (Wildman–Crippen MR) is 145 cm³/mol. The lowest BCUT2D eigenvalue weighted by Crippen LogP contribution is -2.65. The Morgan fingerprint density at radius 3 is 2.03 bits per heavy atom. The van der Waals surface area contributed by atoms with Gasteiger partial charge in [-0.25, -0.2) is 9.59 Å². The van der Waals surface area contributed by atoms with Crippen LogP contribution >= 0.6 is 11.6 Å². The zero-order valence-corrected chi connectivity index (χ0v) is 23.4.